The number of hydrogen-bond donors (Lipinski definition) is 1. The molecule has 0 saturated carbocycles. The van der Waals surface area contributed by atoms with Crippen molar-refractivity contribution < 1.29 is 27.8 Å². The molecule has 1 unspecified atom stereocenters. The zero-order valence-electron chi connectivity index (χ0n) is 10.0. The molecule has 1 aromatic carbocycles. The van der Waals surface area contributed by atoms with E-state index in [0.29, 0.717) is 0 Å². The van der Waals surface area contributed by atoms with Crippen LogP contribution in [-0.4, -0.2) is 23.9 Å². The van der Waals surface area contributed by atoms with Crippen molar-refractivity contribution in [3.05, 3.63) is 29.3 Å². The van der Waals surface area contributed by atoms with Gasteiger partial charge in [-0.1, -0.05) is 6.07 Å². The van der Waals surface area contributed by atoms with Crippen molar-refractivity contribution in [1.82, 2.24) is 0 Å². The van der Waals surface area contributed by atoms with Crippen molar-refractivity contribution in [2.45, 2.75) is 25.4 Å². The number of carboxylic acid groups (broad SMARTS) is 1. The zero-order chi connectivity index (χ0) is 14.0. The lowest BCUT2D eigenvalue weighted by Gasteiger charge is -2.17. The van der Waals surface area contributed by atoms with Crippen molar-refractivity contribution in [3.8, 4) is 5.75 Å². The van der Waals surface area contributed by atoms with Gasteiger partial charge in [0.2, 0.25) is 0 Å². The van der Waals surface area contributed by atoms with E-state index in [-0.39, 0.29) is 5.75 Å². The first-order chi connectivity index (χ1) is 8.88. The normalized spacial score (nSPS) is 15.9. The van der Waals surface area contributed by atoms with Crippen LogP contribution in [0.15, 0.2) is 18.2 Å². The molecule has 0 aromatic heterocycles. The Morgan fingerprint density at radius 3 is 2.63 bits per heavy atom. The maximum absolute atomic E-state index is 12.4. The summed E-state index contributed by atoms with van der Waals surface area (Å²) in [6, 6.07) is 5.10. The highest BCUT2D eigenvalue weighted by Gasteiger charge is 2.45. The molecular formula is C13H13F3O3. The Morgan fingerprint density at radius 1 is 1.32 bits per heavy atom. The fourth-order valence-corrected chi connectivity index (χ4v) is 2.12. The molecule has 1 N–H and O–H groups in total. The van der Waals surface area contributed by atoms with Crippen LogP contribution in [0.5, 0.6) is 5.75 Å². The zero-order valence-corrected chi connectivity index (χ0v) is 10.0. The van der Waals surface area contributed by atoms with Gasteiger partial charge in [0.15, 0.2) is 5.92 Å². The summed E-state index contributed by atoms with van der Waals surface area (Å²) < 4.78 is 42.3. The number of carboxylic acids is 1. The van der Waals surface area contributed by atoms with Gasteiger partial charge in [0.05, 0.1) is 0 Å². The number of fused-ring (bicyclic) bond motifs is 1. The highest BCUT2D eigenvalue weighted by molar-refractivity contribution is 5.71. The van der Waals surface area contributed by atoms with Crippen LogP contribution < -0.4 is 4.74 Å². The molecule has 1 aliphatic rings. The van der Waals surface area contributed by atoms with Crippen LogP contribution in [0.25, 0.3) is 0 Å². The Labute approximate surface area is 108 Å². The molecule has 6 heteroatoms. The first kappa shape index (κ1) is 13.7. The molecule has 0 heterocycles. The van der Waals surface area contributed by atoms with E-state index in [9.17, 15) is 18.0 Å². The van der Waals surface area contributed by atoms with Crippen LogP contribution in [0.3, 0.4) is 0 Å². The summed E-state index contributed by atoms with van der Waals surface area (Å²) in [6.45, 7) is -0.905. The highest BCUT2D eigenvalue weighted by Crippen LogP contribution is 2.29. The van der Waals surface area contributed by atoms with Gasteiger partial charge in [-0.2, -0.15) is 13.2 Å². The molecule has 2 rings (SSSR count). The first-order valence-electron chi connectivity index (χ1n) is 5.92. The van der Waals surface area contributed by atoms with Crippen molar-refractivity contribution in [3.63, 3.8) is 0 Å². The molecule has 0 saturated heterocycles. The summed E-state index contributed by atoms with van der Waals surface area (Å²) in [4.78, 5) is 10.6. The van der Waals surface area contributed by atoms with E-state index in [0.717, 1.165) is 24.8 Å². The highest BCUT2D eigenvalue weighted by atomic mass is 19.4. The molecule has 104 valence electrons. The molecule has 1 atom stereocenters. The van der Waals surface area contributed by atoms with Crippen LogP contribution in [0.1, 0.15) is 17.5 Å². The summed E-state index contributed by atoms with van der Waals surface area (Å²) in [5.41, 5.74) is 2.24. The van der Waals surface area contributed by atoms with Gasteiger partial charge in [-0.3, -0.25) is 4.79 Å². The van der Waals surface area contributed by atoms with E-state index < -0.39 is 24.7 Å². The minimum absolute atomic E-state index is 0.288. The van der Waals surface area contributed by atoms with Crippen LogP contribution in [0.2, 0.25) is 0 Å². The first-order valence-corrected chi connectivity index (χ1v) is 5.92. The van der Waals surface area contributed by atoms with Crippen LogP contribution >= 0.6 is 0 Å². The quantitative estimate of drug-likeness (QED) is 0.918. The Morgan fingerprint density at radius 2 is 2.00 bits per heavy atom. The number of rotatable bonds is 4. The largest absolute Gasteiger partial charge is 0.492 e. The molecule has 0 fully saturated rings. The smallest absolute Gasteiger partial charge is 0.405 e. The van der Waals surface area contributed by atoms with Crippen LogP contribution in [-0.2, 0) is 17.6 Å². The van der Waals surface area contributed by atoms with Gasteiger partial charge in [0.1, 0.15) is 12.4 Å². The number of alkyl halides is 3. The average molecular weight is 274 g/mol. The Kier molecular flexibility index (Phi) is 3.68. The number of benzene rings is 1. The third-order valence-corrected chi connectivity index (χ3v) is 3.18. The molecule has 0 radical (unpaired) electrons. The molecule has 0 aliphatic heterocycles. The topological polar surface area (TPSA) is 46.5 Å². The molecule has 19 heavy (non-hydrogen) atoms. The van der Waals surface area contributed by atoms with Crippen LogP contribution in [0, 0.1) is 5.92 Å². The van der Waals surface area contributed by atoms with E-state index in [1.807, 2.05) is 6.07 Å². The molecule has 1 aliphatic carbocycles. The summed E-state index contributed by atoms with van der Waals surface area (Å²) in [5.74, 6) is -4.13. The second-order valence-electron chi connectivity index (χ2n) is 4.53. The number of ether oxygens (including phenoxy) is 1. The third-order valence-electron chi connectivity index (χ3n) is 3.18. The monoisotopic (exact) mass is 274 g/mol. The number of halogens is 3. The van der Waals surface area contributed by atoms with E-state index in [4.69, 9.17) is 9.84 Å². The molecule has 0 amide bonds. The standard InChI is InChI=1S/C13H13F3O3/c14-13(15,16)11(12(17)18)7-19-10-5-4-8-2-1-3-9(8)6-10/h4-6,11H,1-3,7H2,(H,17,18). The van der Waals surface area contributed by atoms with Gasteiger partial charge in [-0.05, 0) is 42.5 Å². The second-order valence-corrected chi connectivity index (χ2v) is 4.53. The predicted octanol–water partition coefficient (Wildman–Crippen LogP) is 2.82. The second kappa shape index (κ2) is 5.11. The van der Waals surface area contributed by atoms with E-state index in [2.05, 4.69) is 0 Å². The van der Waals surface area contributed by atoms with Crippen molar-refractivity contribution in [1.29, 1.82) is 0 Å². The lowest BCUT2D eigenvalue weighted by atomic mass is 10.1. The van der Waals surface area contributed by atoms with Gasteiger partial charge in [-0.15, -0.1) is 0 Å². The lowest BCUT2D eigenvalue weighted by Crippen LogP contribution is -2.35. The third kappa shape index (κ3) is 3.19. The van der Waals surface area contributed by atoms with E-state index >= 15 is 0 Å². The molecule has 0 bridgehead atoms. The van der Waals surface area contributed by atoms with Crippen molar-refractivity contribution >= 4 is 5.97 Å². The molecule has 3 nitrogen and oxygen atoms in total. The van der Waals surface area contributed by atoms with Gasteiger partial charge in [-0.25, -0.2) is 0 Å². The van der Waals surface area contributed by atoms with Crippen molar-refractivity contribution in [2.75, 3.05) is 6.61 Å². The fraction of sp³-hybridized carbons (Fsp3) is 0.462. The number of aryl methyl sites for hydroxylation is 2. The minimum atomic E-state index is -4.80. The summed E-state index contributed by atoms with van der Waals surface area (Å²) in [7, 11) is 0. The molecular weight excluding hydrogens is 261 g/mol. The Balaban J connectivity index is 2.03. The van der Waals surface area contributed by atoms with Gasteiger partial charge >= 0.3 is 12.1 Å². The number of hydrogen-bond acceptors (Lipinski definition) is 2. The van der Waals surface area contributed by atoms with Gasteiger partial charge in [0.25, 0.3) is 0 Å². The lowest BCUT2D eigenvalue weighted by molar-refractivity contribution is -0.198. The van der Waals surface area contributed by atoms with Crippen molar-refractivity contribution in [2.24, 2.45) is 5.92 Å². The minimum Gasteiger partial charge on any atom is -0.492 e. The van der Waals surface area contributed by atoms with Gasteiger partial charge < -0.3 is 9.84 Å². The Bertz CT molecular complexity index is 483. The van der Waals surface area contributed by atoms with E-state index in [1.165, 1.54) is 5.56 Å². The summed E-state index contributed by atoms with van der Waals surface area (Å²) in [6.07, 6.45) is -1.92. The average Bonchev–Trinajstić information content (AvgIpc) is 2.73. The maximum Gasteiger partial charge on any atom is 0.405 e. The SMILES string of the molecule is O=C(O)C(COc1ccc2c(c1)CCC2)C(F)(F)F. The Hall–Kier alpha value is -1.72. The van der Waals surface area contributed by atoms with Crippen LogP contribution in [0.4, 0.5) is 13.2 Å². The predicted molar refractivity (Wildman–Crippen MR) is 61.1 cm³/mol. The maximum atomic E-state index is 12.4. The molecule has 1 aromatic rings. The number of aliphatic carboxylic acids is 1. The van der Waals surface area contributed by atoms with Gasteiger partial charge in [0, 0.05) is 0 Å². The fourth-order valence-electron chi connectivity index (χ4n) is 2.12. The summed E-state index contributed by atoms with van der Waals surface area (Å²) in [5, 5.41) is 8.54. The number of carbonyl (C=O) groups is 1. The molecule has 0 spiro atoms. The summed E-state index contributed by atoms with van der Waals surface area (Å²) >= 11 is 0. The van der Waals surface area contributed by atoms with E-state index in [1.54, 1.807) is 12.1 Å².